The zero-order valence-electron chi connectivity index (χ0n) is 13.5. The van der Waals surface area contributed by atoms with Crippen LogP contribution in [0.4, 0.5) is 5.69 Å². The highest BCUT2D eigenvalue weighted by Gasteiger charge is 2.41. The Kier molecular flexibility index (Phi) is 4.58. The Morgan fingerprint density at radius 2 is 2.00 bits per heavy atom. The van der Waals surface area contributed by atoms with Crippen molar-refractivity contribution in [2.24, 2.45) is 0 Å². The second-order valence-corrected chi connectivity index (χ2v) is 8.24. The second-order valence-electron chi connectivity index (χ2n) is 6.00. The lowest BCUT2D eigenvalue weighted by atomic mass is 10.0. The molecule has 126 valence electrons. The lowest BCUT2D eigenvalue weighted by molar-refractivity contribution is 0.575. The van der Waals surface area contributed by atoms with Crippen LogP contribution in [0.25, 0.3) is 0 Å². The highest BCUT2D eigenvalue weighted by Crippen LogP contribution is 2.43. The number of nitrogens with zero attached hydrogens (tertiary/aromatic N) is 2. The van der Waals surface area contributed by atoms with Crippen molar-refractivity contribution in [3.63, 3.8) is 0 Å². The number of pyridine rings is 1. The van der Waals surface area contributed by atoms with Gasteiger partial charge in [0.25, 0.3) is 0 Å². The Morgan fingerprint density at radius 3 is 2.64 bits per heavy atom. The summed E-state index contributed by atoms with van der Waals surface area (Å²) in [6.07, 6.45) is 1.83. The highest BCUT2D eigenvalue weighted by molar-refractivity contribution is 9.10. The van der Waals surface area contributed by atoms with Gasteiger partial charge in [-0.3, -0.25) is 4.98 Å². The first-order valence-corrected chi connectivity index (χ1v) is 10.0. The molecule has 1 saturated heterocycles. The van der Waals surface area contributed by atoms with Crippen LogP contribution in [0.15, 0.2) is 64.6 Å². The molecule has 3 aromatic rings. The number of halogens is 1. The van der Waals surface area contributed by atoms with Gasteiger partial charge in [0.15, 0.2) is 5.11 Å². The van der Waals surface area contributed by atoms with Crippen LogP contribution < -0.4 is 10.2 Å². The summed E-state index contributed by atoms with van der Waals surface area (Å²) in [5.41, 5.74) is 3.32. The molecule has 0 radical (unpaired) electrons. The van der Waals surface area contributed by atoms with Crippen molar-refractivity contribution in [2.75, 3.05) is 4.90 Å². The lowest BCUT2D eigenvalue weighted by Crippen LogP contribution is -2.29. The molecule has 2 aromatic heterocycles. The Morgan fingerprint density at radius 1 is 1.20 bits per heavy atom. The average Bonchev–Trinajstić information content (AvgIpc) is 3.20. The van der Waals surface area contributed by atoms with Crippen molar-refractivity contribution in [1.82, 2.24) is 10.3 Å². The summed E-state index contributed by atoms with van der Waals surface area (Å²) >= 11 is 11.0. The second kappa shape index (κ2) is 6.86. The molecule has 4 rings (SSSR count). The van der Waals surface area contributed by atoms with Gasteiger partial charge in [0, 0.05) is 26.6 Å². The van der Waals surface area contributed by atoms with Gasteiger partial charge >= 0.3 is 0 Å². The van der Waals surface area contributed by atoms with Crippen LogP contribution >= 0.6 is 39.5 Å². The van der Waals surface area contributed by atoms with Crippen LogP contribution in [0.5, 0.6) is 0 Å². The van der Waals surface area contributed by atoms with E-state index < -0.39 is 0 Å². The van der Waals surface area contributed by atoms with Gasteiger partial charge in [-0.1, -0.05) is 23.8 Å². The average molecular weight is 430 g/mol. The zero-order chi connectivity index (χ0) is 17.4. The molecule has 0 bridgehead atoms. The number of benzene rings is 1. The molecule has 1 aliphatic rings. The van der Waals surface area contributed by atoms with Gasteiger partial charge in [0.2, 0.25) is 0 Å². The fourth-order valence-corrected chi connectivity index (χ4v) is 5.03. The van der Waals surface area contributed by atoms with Gasteiger partial charge in [-0.05, 0) is 65.4 Å². The molecular formula is C19H16BrN3S2. The predicted octanol–water partition coefficient (Wildman–Crippen LogP) is 5.39. The van der Waals surface area contributed by atoms with Crippen LogP contribution in [-0.2, 0) is 0 Å². The van der Waals surface area contributed by atoms with Gasteiger partial charge in [-0.25, -0.2) is 0 Å². The van der Waals surface area contributed by atoms with E-state index in [1.54, 1.807) is 11.3 Å². The van der Waals surface area contributed by atoms with Crippen molar-refractivity contribution < 1.29 is 0 Å². The molecular weight excluding hydrogens is 414 g/mol. The fraction of sp³-hybridized carbons (Fsp3) is 0.158. The number of aryl methyl sites for hydroxylation is 1. The number of rotatable bonds is 3. The molecule has 0 aliphatic carbocycles. The van der Waals surface area contributed by atoms with E-state index >= 15 is 0 Å². The van der Waals surface area contributed by atoms with Crippen molar-refractivity contribution >= 4 is 50.3 Å². The molecule has 0 amide bonds. The van der Waals surface area contributed by atoms with E-state index in [0.717, 1.165) is 21.0 Å². The Labute approximate surface area is 164 Å². The van der Waals surface area contributed by atoms with Crippen LogP contribution in [0.3, 0.4) is 0 Å². The number of nitrogens with one attached hydrogen (secondary N) is 1. The van der Waals surface area contributed by atoms with Crippen molar-refractivity contribution in [3.05, 3.63) is 80.7 Å². The number of aromatic nitrogens is 1. The summed E-state index contributed by atoms with van der Waals surface area (Å²) in [5.74, 6) is 0. The van der Waals surface area contributed by atoms with Crippen molar-refractivity contribution in [1.29, 1.82) is 0 Å². The summed E-state index contributed by atoms with van der Waals surface area (Å²) in [5, 5.41) is 6.32. The predicted molar refractivity (Wildman–Crippen MR) is 111 cm³/mol. The quantitative estimate of drug-likeness (QED) is 0.564. The van der Waals surface area contributed by atoms with Gasteiger partial charge in [0.1, 0.15) is 0 Å². The van der Waals surface area contributed by atoms with Gasteiger partial charge in [0.05, 0.1) is 17.8 Å². The maximum Gasteiger partial charge on any atom is 0.174 e. The summed E-state index contributed by atoms with van der Waals surface area (Å²) in [6.45, 7) is 2.09. The first-order chi connectivity index (χ1) is 12.1. The number of anilines is 1. The topological polar surface area (TPSA) is 28.2 Å². The number of hydrogen-bond donors (Lipinski definition) is 1. The first-order valence-electron chi connectivity index (χ1n) is 7.95. The molecule has 0 spiro atoms. The SMILES string of the molecule is Cc1ccc(N2C(=S)NC(c3ccccn3)C2c2cc(Br)cs2)cc1. The van der Waals surface area contributed by atoms with E-state index in [4.69, 9.17) is 12.2 Å². The van der Waals surface area contributed by atoms with E-state index in [0.29, 0.717) is 0 Å². The maximum absolute atomic E-state index is 5.70. The van der Waals surface area contributed by atoms with E-state index in [1.807, 2.05) is 18.3 Å². The minimum atomic E-state index is 0.0144. The molecule has 2 atom stereocenters. The molecule has 3 nitrogen and oxygen atoms in total. The Bertz CT molecular complexity index is 893. The number of thiocarbonyl (C=S) groups is 1. The monoisotopic (exact) mass is 429 g/mol. The summed E-state index contributed by atoms with van der Waals surface area (Å²) in [7, 11) is 0. The lowest BCUT2D eigenvalue weighted by Gasteiger charge is -2.27. The van der Waals surface area contributed by atoms with Crippen molar-refractivity contribution in [3.8, 4) is 0 Å². The van der Waals surface area contributed by atoms with Gasteiger partial charge < -0.3 is 10.2 Å². The van der Waals surface area contributed by atoms with Crippen LogP contribution in [0.1, 0.15) is 28.2 Å². The molecule has 1 aromatic carbocycles. The summed E-state index contributed by atoms with van der Waals surface area (Å²) in [4.78, 5) is 8.01. The third kappa shape index (κ3) is 3.21. The van der Waals surface area contributed by atoms with E-state index in [9.17, 15) is 0 Å². The van der Waals surface area contributed by atoms with Gasteiger partial charge in [-0.15, -0.1) is 11.3 Å². The maximum atomic E-state index is 5.70. The molecule has 3 heterocycles. The Balaban J connectivity index is 1.81. The van der Waals surface area contributed by atoms with Crippen LogP contribution in [0, 0.1) is 6.92 Å². The third-order valence-corrected chi connectivity index (χ3v) is 6.37. The minimum Gasteiger partial charge on any atom is -0.351 e. The van der Waals surface area contributed by atoms with E-state index in [1.165, 1.54) is 10.4 Å². The van der Waals surface area contributed by atoms with Crippen molar-refractivity contribution in [2.45, 2.75) is 19.0 Å². The molecule has 25 heavy (non-hydrogen) atoms. The largest absolute Gasteiger partial charge is 0.351 e. The van der Waals surface area contributed by atoms with Crippen LogP contribution in [-0.4, -0.2) is 10.1 Å². The minimum absolute atomic E-state index is 0.0144. The standard InChI is InChI=1S/C19H16BrN3S2/c1-12-5-7-14(8-6-12)23-18(16-10-13(20)11-25-16)17(22-19(23)24)15-4-2-3-9-21-15/h2-11,17-18H,1H3,(H,22,24). The number of thiophene rings is 1. The highest BCUT2D eigenvalue weighted by atomic mass is 79.9. The molecule has 1 fully saturated rings. The first kappa shape index (κ1) is 16.7. The number of hydrogen-bond acceptors (Lipinski definition) is 3. The Hall–Kier alpha value is -1.76. The van der Waals surface area contributed by atoms with Gasteiger partial charge in [-0.2, -0.15) is 0 Å². The zero-order valence-corrected chi connectivity index (χ0v) is 16.7. The third-order valence-electron chi connectivity index (χ3n) is 4.29. The molecule has 0 saturated carbocycles. The normalized spacial score (nSPS) is 19.9. The molecule has 6 heteroatoms. The fourth-order valence-electron chi connectivity index (χ4n) is 3.11. The van der Waals surface area contributed by atoms with Crippen LogP contribution in [0.2, 0.25) is 0 Å². The molecule has 1 aliphatic heterocycles. The molecule has 1 N–H and O–H groups in total. The molecule has 2 unspecified atom stereocenters. The smallest absolute Gasteiger partial charge is 0.174 e. The van der Waals surface area contributed by atoms with E-state index in [-0.39, 0.29) is 12.1 Å². The summed E-state index contributed by atoms with van der Waals surface area (Å²) in [6, 6.07) is 16.7. The van der Waals surface area contributed by atoms with E-state index in [2.05, 4.69) is 79.8 Å². The summed E-state index contributed by atoms with van der Waals surface area (Å²) < 4.78 is 1.09.